The Hall–Kier alpha value is -1.02. The predicted molar refractivity (Wildman–Crippen MR) is 160 cm³/mol. The van der Waals surface area contributed by atoms with E-state index < -0.39 is 19.9 Å². The van der Waals surface area contributed by atoms with Crippen LogP contribution < -0.4 is 0 Å². The molecule has 0 radical (unpaired) electrons. The monoisotopic (exact) mass is 576 g/mol. The normalized spacial score (nSPS) is 14.7. The van der Waals surface area contributed by atoms with Crippen LogP contribution in [0.5, 0.6) is 0 Å². The zero-order chi connectivity index (χ0) is 29.2. The highest BCUT2D eigenvalue weighted by Gasteiger charge is 2.26. The van der Waals surface area contributed by atoms with Crippen molar-refractivity contribution in [3.05, 3.63) is 24.3 Å². The van der Waals surface area contributed by atoms with Crippen LogP contribution in [-0.2, 0) is 27.9 Å². The summed E-state index contributed by atoms with van der Waals surface area (Å²) in [6, 6.07) is 0. The summed E-state index contributed by atoms with van der Waals surface area (Å²) >= 11 is 0. The molecule has 0 fully saturated rings. The van der Waals surface area contributed by atoms with Crippen molar-refractivity contribution < 1.29 is 37.3 Å². The molecule has 0 aromatic carbocycles. The second-order valence-corrected chi connectivity index (χ2v) is 12.5. The third-order valence-electron chi connectivity index (χ3n) is 6.07. The van der Waals surface area contributed by atoms with Crippen molar-refractivity contribution in [2.45, 2.75) is 110 Å². The van der Waals surface area contributed by atoms with E-state index in [4.69, 9.17) is 18.5 Å². The lowest BCUT2D eigenvalue weighted by Gasteiger charge is -2.24. The summed E-state index contributed by atoms with van der Waals surface area (Å²) in [5.74, 6) is -0.407. The average molecular weight is 577 g/mol. The fourth-order valence-electron chi connectivity index (χ4n) is 3.61. The Balaban J connectivity index is 3.89. The molecule has 39 heavy (non-hydrogen) atoms. The summed E-state index contributed by atoms with van der Waals surface area (Å²) in [7, 11) is 1.65. The molecule has 0 aliphatic carbocycles. The van der Waals surface area contributed by atoms with Gasteiger partial charge in [-0.2, -0.15) is 0 Å². The second kappa shape index (κ2) is 24.8. The highest BCUT2D eigenvalue weighted by molar-refractivity contribution is 7.47. The Morgan fingerprint density at radius 3 is 1.97 bits per heavy atom. The molecule has 0 aliphatic heterocycles. The summed E-state index contributed by atoms with van der Waals surface area (Å²) < 4.78 is 33.8. The van der Waals surface area contributed by atoms with Crippen LogP contribution in [0.4, 0.5) is 0 Å². The van der Waals surface area contributed by atoms with Crippen LogP contribution in [0, 0.1) is 0 Å². The smallest absolute Gasteiger partial charge is 0.457 e. The number of phosphoric ester groups is 1. The molecule has 2 atom stereocenters. The zero-order valence-electron chi connectivity index (χ0n) is 25.6. The van der Waals surface area contributed by atoms with Crippen molar-refractivity contribution in [1.82, 2.24) is 0 Å². The van der Waals surface area contributed by atoms with E-state index in [-0.39, 0.29) is 26.2 Å². The molecule has 9 heteroatoms. The van der Waals surface area contributed by atoms with Gasteiger partial charge in [-0.3, -0.25) is 13.8 Å². The van der Waals surface area contributed by atoms with Gasteiger partial charge in [0.2, 0.25) is 0 Å². The number of esters is 1. The van der Waals surface area contributed by atoms with Crippen LogP contribution in [0.2, 0.25) is 0 Å². The Morgan fingerprint density at radius 1 is 0.795 bits per heavy atom. The van der Waals surface area contributed by atoms with E-state index in [1.54, 1.807) is 6.92 Å². The van der Waals surface area contributed by atoms with Crippen LogP contribution >= 0.6 is 7.82 Å². The standard InChI is InChI=1S/C30H58NO7P/c1-6-8-9-10-11-12-13-14-15-16-17-18-19-20-21-22-23-25-35-27-29(38-30(32)7-2)28-37-39(33,34)36-26-24-31(3,4)5/h12-13,15-16,29H,6-11,14,17-28H2,1-5H3/p+1/b13-12-,16-15-. The first-order valence-electron chi connectivity index (χ1n) is 15.1. The quantitative estimate of drug-likeness (QED) is 0.0359. The minimum Gasteiger partial charge on any atom is -0.457 e. The molecule has 8 nitrogen and oxygen atoms in total. The average Bonchev–Trinajstić information content (AvgIpc) is 2.87. The Bertz CT molecular complexity index is 691. The van der Waals surface area contributed by atoms with E-state index in [1.165, 1.54) is 57.8 Å². The van der Waals surface area contributed by atoms with E-state index in [2.05, 4.69) is 31.2 Å². The minimum atomic E-state index is -4.23. The zero-order valence-corrected chi connectivity index (χ0v) is 26.5. The molecular weight excluding hydrogens is 517 g/mol. The SMILES string of the molecule is CCCCCC/C=C\C/C=C\CCCCCCCCOCC(COP(=O)(O)OCC[N+](C)(C)C)OC(=O)CC. The molecule has 0 saturated heterocycles. The van der Waals surface area contributed by atoms with E-state index in [1.807, 2.05) is 21.1 Å². The largest absolute Gasteiger partial charge is 0.472 e. The number of unbranched alkanes of at least 4 members (excludes halogenated alkanes) is 10. The van der Waals surface area contributed by atoms with Crippen molar-refractivity contribution in [2.24, 2.45) is 0 Å². The molecule has 0 spiro atoms. The summed E-state index contributed by atoms with van der Waals surface area (Å²) in [6.45, 7) is 4.98. The Morgan fingerprint density at radius 2 is 1.38 bits per heavy atom. The second-order valence-electron chi connectivity index (χ2n) is 11.1. The van der Waals surface area contributed by atoms with Gasteiger partial charge in [0.1, 0.15) is 19.3 Å². The van der Waals surface area contributed by atoms with E-state index in [0.29, 0.717) is 17.6 Å². The van der Waals surface area contributed by atoms with Crippen molar-refractivity contribution in [3.63, 3.8) is 0 Å². The molecular formula is C30H59NO7P+. The lowest BCUT2D eigenvalue weighted by molar-refractivity contribution is -0.870. The van der Waals surface area contributed by atoms with Gasteiger partial charge in [-0.1, -0.05) is 83.1 Å². The van der Waals surface area contributed by atoms with Gasteiger partial charge in [0.25, 0.3) is 0 Å². The molecule has 0 heterocycles. The molecule has 0 aromatic rings. The molecule has 0 rings (SSSR count). The molecule has 2 unspecified atom stereocenters. The third-order valence-corrected chi connectivity index (χ3v) is 7.05. The number of hydrogen-bond donors (Lipinski definition) is 1. The van der Waals surface area contributed by atoms with E-state index >= 15 is 0 Å². The van der Waals surface area contributed by atoms with Crippen molar-refractivity contribution in [2.75, 3.05) is 54.1 Å². The number of allylic oxidation sites excluding steroid dienone is 4. The predicted octanol–water partition coefficient (Wildman–Crippen LogP) is 7.37. The molecule has 0 saturated carbocycles. The van der Waals surface area contributed by atoms with Gasteiger partial charge < -0.3 is 18.9 Å². The van der Waals surface area contributed by atoms with Gasteiger partial charge in [-0.25, -0.2) is 4.57 Å². The highest BCUT2D eigenvalue weighted by Crippen LogP contribution is 2.43. The molecule has 0 amide bonds. The fourth-order valence-corrected chi connectivity index (χ4v) is 4.36. The maximum absolute atomic E-state index is 12.1. The summed E-state index contributed by atoms with van der Waals surface area (Å²) in [5.41, 5.74) is 0. The number of rotatable bonds is 27. The highest BCUT2D eigenvalue weighted by atomic mass is 31.2. The number of hydrogen-bond acceptors (Lipinski definition) is 6. The molecule has 230 valence electrons. The summed E-state index contributed by atoms with van der Waals surface area (Å²) in [4.78, 5) is 21.6. The van der Waals surface area contributed by atoms with Crippen LogP contribution in [0.25, 0.3) is 0 Å². The van der Waals surface area contributed by atoms with E-state index in [0.717, 1.165) is 25.7 Å². The van der Waals surface area contributed by atoms with Gasteiger partial charge in [0.05, 0.1) is 34.4 Å². The van der Waals surface area contributed by atoms with Crippen LogP contribution in [0.1, 0.15) is 104 Å². The van der Waals surface area contributed by atoms with Crippen LogP contribution in [-0.4, -0.2) is 75.6 Å². The number of carbonyl (C=O) groups is 1. The maximum atomic E-state index is 12.1. The number of ether oxygens (including phenoxy) is 2. The first kappa shape index (κ1) is 38.0. The summed E-state index contributed by atoms with van der Waals surface area (Å²) in [6.07, 6.45) is 24.2. The third kappa shape index (κ3) is 28.3. The van der Waals surface area contributed by atoms with Crippen molar-refractivity contribution >= 4 is 13.8 Å². The maximum Gasteiger partial charge on any atom is 0.472 e. The van der Waals surface area contributed by atoms with Gasteiger partial charge in [0, 0.05) is 13.0 Å². The molecule has 0 bridgehead atoms. The van der Waals surface area contributed by atoms with Crippen molar-refractivity contribution in [1.29, 1.82) is 0 Å². The van der Waals surface area contributed by atoms with Crippen molar-refractivity contribution in [3.8, 4) is 0 Å². The molecule has 0 aromatic heterocycles. The first-order valence-corrected chi connectivity index (χ1v) is 16.6. The van der Waals surface area contributed by atoms with Gasteiger partial charge in [-0.05, 0) is 38.5 Å². The number of phosphoric acid groups is 1. The van der Waals surface area contributed by atoms with Crippen LogP contribution in [0.3, 0.4) is 0 Å². The minimum absolute atomic E-state index is 0.0841. The molecule has 1 N–H and O–H groups in total. The lowest BCUT2D eigenvalue weighted by atomic mass is 10.1. The number of carbonyl (C=O) groups excluding carboxylic acids is 1. The number of likely N-dealkylation sites (N-methyl/N-ethyl adjacent to an activating group) is 1. The molecule has 0 aliphatic rings. The van der Waals surface area contributed by atoms with Gasteiger partial charge >= 0.3 is 13.8 Å². The first-order chi connectivity index (χ1) is 18.6. The Labute approximate surface area is 239 Å². The number of nitrogens with zero attached hydrogens (tertiary/aromatic N) is 1. The van der Waals surface area contributed by atoms with Gasteiger partial charge in [0.15, 0.2) is 0 Å². The van der Waals surface area contributed by atoms with Crippen LogP contribution in [0.15, 0.2) is 24.3 Å². The Kier molecular flexibility index (Phi) is 24.1. The van der Waals surface area contributed by atoms with E-state index in [9.17, 15) is 14.3 Å². The fraction of sp³-hybridized carbons (Fsp3) is 0.833. The van der Waals surface area contributed by atoms with Gasteiger partial charge in [-0.15, -0.1) is 0 Å². The number of quaternary nitrogens is 1. The topological polar surface area (TPSA) is 91.3 Å². The lowest BCUT2D eigenvalue weighted by Crippen LogP contribution is -2.37. The summed E-state index contributed by atoms with van der Waals surface area (Å²) in [5, 5.41) is 0.